The molecule has 4 heteroatoms. The molecule has 0 aliphatic carbocycles. The van der Waals surface area contributed by atoms with E-state index in [1.54, 1.807) is 0 Å². The Balaban J connectivity index is 1.81. The maximum atomic E-state index is 12.0. The molecular formula is C16H25N3O. The van der Waals surface area contributed by atoms with Gasteiger partial charge in [-0.15, -0.1) is 0 Å². The lowest BCUT2D eigenvalue weighted by molar-refractivity contribution is -0.117. The number of carbonyl (C=O) groups is 1. The number of nitrogens with one attached hydrogen (secondary N) is 2. The first-order valence-corrected chi connectivity index (χ1v) is 7.44. The zero-order valence-electron chi connectivity index (χ0n) is 12.6. The van der Waals surface area contributed by atoms with E-state index in [1.807, 2.05) is 31.2 Å². The molecule has 0 aromatic heterocycles. The molecule has 1 aliphatic heterocycles. The number of anilines is 1. The quantitative estimate of drug-likeness (QED) is 0.888. The van der Waals surface area contributed by atoms with Crippen molar-refractivity contribution < 1.29 is 4.79 Å². The van der Waals surface area contributed by atoms with Gasteiger partial charge in [0.05, 0.1) is 6.54 Å². The van der Waals surface area contributed by atoms with Crippen LogP contribution in [-0.4, -0.2) is 29.5 Å². The monoisotopic (exact) mass is 275 g/mol. The molecule has 110 valence electrons. The second-order valence-electron chi connectivity index (χ2n) is 5.79. The predicted octanol–water partition coefficient (Wildman–Crippen LogP) is 2.70. The summed E-state index contributed by atoms with van der Waals surface area (Å²) in [6, 6.07) is 8.84. The second-order valence-corrected chi connectivity index (χ2v) is 5.79. The average molecular weight is 275 g/mol. The molecule has 0 bridgehead atoms. The van der Waals surface area contributed by atoms with Crippen molar-refractivity contribution in [2.75, 3.05) is 11.9 Å². The first kappa shape index (κ1) is 15.0. The summed E-state index contributed by atoms with van der Waals surface area (Å²) in [5.74, 6) is -0.00109. The minimum atomic E-state index is -0.00109. The van der Waals surface area contributed by atoms with E-state index in [2.05, 4.69) is 29.6 Å². The Morgan fingerprint density at radius 1 is 1.20 bits per heavy atom. The van der Waals surface area contributed by atoms with Crippen LogP contribution in [0, 0.1) is 6.92 Å². The van der Waals surface area contributed by atoms with E-state index in [-0.39, 0.29) is 5.91 Å². The van der Waals surface area contributed by atoms with E-state index < -0.39 is 0 Å². The van der Waals surface area contributed by atoms with Gasteiger partial charge in [-0.1, -0.05) is 24.1 Å². The molecular weight excluding hydrogens is 250 g/mol. The van der Waals surface area contributed by atoms with Gasteiger partial charge in [-0.2, -0.15) is 0 Å². The average Bonchev–Trinajstić information content (AvgIpc) is 2.41. The van der Waals surface area contributed by atoms with Crippen LogP contribution in [0.2, 0.25) is 0 Å². The molecule has 2 N–H and O–H groups in total. The van der Waals surface area contributed by atoms with Gasteiger partial charge in [0.2, 0.25) is 5.91 Å². The predicted molar refractivity (Wildman–Crippen MR) is 82.4 cm³/mol. The first-order chi connectivity index (χ1) is 9.56. The third kappa shape index (κ3) is 4.05. The molecule has 1 aromatic rings. The highest BCUT2D eigenvalue weighted by Gasteiger charge is 2.24. The molecule has 2 atom stereocenters. The summed E-state index contributed by atoms with van der Waals surface area (Å²) in [5, 5.41) is 5.13. The molecule has 0 spiro atoms. The highest BCUT2D eigenvalue weighted by atomic mass is 16.2. The normalized spacial score (nSPS) is 23.6. The molecule has 1 heterocycles. The van der Waals surface area contributed by atoms with Crippen LogP contribution in [0.4, 0.5) is 5.69 Å². The van der Waals surface area contributed by atoms with Crippen molar-refractivity contribution in [2.45, 2.75) is 52.1 Å². The molecule has 0 radical (unpaired) electrons. The summed E-state index contributed by atoms with van der Waals surface area (Å²) < 4.78 is 0. The van der Waals surface area contributed by atoms with Crippen molar-refractivity contribution in [1.82, 2.24) is 10.4 Å². The maximum absolute atomic E-state index is 12.0. The summed E-state index contributed by atoms with van der Waals surface area (Å²) in [4.78, 5) is 12.0. The fourth-order valence-corrected chi connectivity index (χ4v) is 2.74. The molecule has 2 unspecified atom stereocenters. The Bertz CT molecular complexity index is 434. The smallest absolute Gasteiger partial charge is 0.239 e. The molecule has 2 rings (SSSR count). The van der Waals surface area contributed by atoms with Crippen LogP contribution >= 0.6 is 0 Å². The molecule has 20 heavy (non-hydrogen) atoms. The number of hydrazine groups is 1. The van der Waals surface area contributed by atoms with E-state index in [0.717, 1.165) is 5.69 Å². The van der Waals surface area contributed by atoms with Crippen LogP contribution < -0.4 is 10.7 Å². The molecule has 1 saturated heterocycles. The lowest BCUT2D eigenvalue weighted by Gasteiger charge is -2.38. The van der Waals surface area contributed by atoms with Gasteiger partial charge in [-0.05, 0) is 45.7 Å². The third-order valence-corrected chi connectivity index (χ3v) is 3.95. The van der Waals surface area contributed by atoms with Crippen LogP contribution in [0.1, 0.15) is 38.7 Å². The highest BCUT2D eigenvalue weighted by Crippen LogP contribution is 2.20. The topological polar surface area (TPSA) is 44.4 Å². The molecule has 0 saturated carbocycles. The zero-order valence-corrected chi connectivity index (χ0v) is 12.6. The lowest BCUT2D eigenvalue weighted by Crippen LogP contribution is -2.53. The zero-order chi connectivity index (χ0) is 14.5. The largest absolute Gasteiger partial charge is 0.325 e. The molecule has 1 aromatic carbocycles. The summed E-state index contributed by atoms with van der Waals surface area (Å²) in [6.07, 6.45) is 3.66. The summed E-state index contributed by atoms with van der Waals surface area (Å²) in [5.41, 5.74) is 5.31. The van der Waals surface area contributed by atoms with E-state index in [0.29, 0.717) is 18.6 Å². The first-order valence-electron chi connectivity index (χ1n) is 7.44. The Morgan fingerprint density at radius 3 is 2.40 bits per heavy atom. The van der Waals surface area contributed by atoms with Crippen molar-refractivity contribution in [2.24, 2.45) is 0 Å². The fraction of sp³-hybridized carbons (Fsp3) is 0.562. The number of benzene rings is 1. The summed E-state index contributed by atoms with van der Waals surface area (Å²) in [6.45, 7) is 6.77. The maximum Gasteiger partial charge on any atom is 0.239 e. The Morgan fingerprint density at radius 2 is 1.80 bits per heavy atom. The van der Waals surface area contributed by atoms with E-state index >= 15 is 0 Å². The SMILES string of the molecule is Cc1ccc(NC(=O)CNN2C(C)CCCC2C)cc1. The number of nitrogens with zero attached hydrogens (tertiary/aromatic N) is 1. The van der Waals surface area contributed by atoms with Gasteiger partial charge in [0.15, 0.2) is 0 Å². The number of carbonyl (C=O) groups excluding carboxylic acids is 1. The van der Waals surface area contributed by atoms with E-state index in [9.17, 15) is 4.79 Å². The highest BCUT2D eigenvalue weighted by molar-refractivity contribution is 5.92. The number of hydrogen-bond donors (Lipinski definition) is 2. The van der Waals surface area contributed by atoms with E-state index in [1.165, 1.54) is 24.8 Å². The van der Waals surface area contributed by atoms with Gasteiger partial charge >= 0.3 is 0 Å². The molecule has 4 nitrogen and oxygen atoms in total. The summed E-state index contributed by atoms with van der Waals surface area (Å²) >= 11 is 0. The van der Waals surface area contributed by atoms with Crippen molar-refractivity contribution in [1.29, 1.82) is 0 Å². The lowest BCUT2D eigenvalue weighted by atomic mass is 10.00. The number of aryl methyl sites for hydroxylation is 1. The van der Waals surface area contributed by atoms with Gasteiger partial charge in [-0.25, -0.2) is 10.4 Å². The van der Waals surface area contributed by atoms with Gasteiger partial charge in [-0.3, -0.25) is 4.79 Å². The van der Waals surface area contributed by atoms with Crippen molar-refractivity contribution in [3.8, 4) is 0 Å². The van der Waals surface area contributed by atoms with Crippen LogP contribution in [-0.2, 0) is 4.79 Å². The Kier molecular flexibility index (Phi) is 5.15. The van der Waals surface area contributed by atoms with Gasteiger partial charge in [0.25, 0.3) is 0 Å². The van der Waals surface area contributed by atoms with Gasteiger partial charge in [0.1, 0.15) is 0 Å². The third-order valence-electron chi connectivity index (χ3n) is 3.95. The molecule has 1 fully saturated rings. The van der Waals surface area contributed by atoms with Crippen molar-refractivity contribution in [3.63, 3.8) is 0 Å². The fourth-order valence-electron chi connectivity index (χ4n) is 2.74. The van der Waals surface area contributed by atoms with Crippen LogP contribution in [0.5, 0.6) is 0 Å². The number of hydrogen-bond acceptors (Lipinski definition) is 3. The molecule has 1 aliphatic rings. The second kappa shape index (κ2) is 6.86. The summed E-state index contributed by atoms with van der Waals surface area (Å²) in [7, 11) is 0. The molecule has 1 amide bonds. The van der Waals surface area contributed by atoms with Crippen molar-refractivity contribution in [3.05, 3.63) is 29.8 Å². The van der Waals surface area contributed by atoms with Crippen LogP contribution in [0.3, 0.4) is 0 Å². The minimum absolute atomic E-state index is 0.00109. The number of piperidine rings is 1. The number of amides is 1. The van der Waals surface area contributed by atoms with Crippen LogP contribution in [0.15, 0.2) is 24.3 Å². The Labute approximate surface area is 121 Å². The van der Waals surface area contributed by atoms with Gasteiger partial charge < -0.3 is 5.32 Å². The van der Waals surface area contributed by atoms with E-state index in [4.69, 9.17) is 0 Å². The van der Waals surface area contributed by atoms with Crippen molar-refractivity contribution >= 4 is 11.6 Å². The Hall–Kier alpha value is -1.39. The standard InChI is InChI=1S/C16H25N3O/c1-12-7-9-15(10-8-12)18-16(20)11-17-19-13(2)5-4-6-14(19)3/h7-10,13-14,17H,4-6,11H2,1-3H3,(H,18,20). The van der Waals surface area contributed by atoms with Gasteiger partial charge in [0, 0.05) is 17.8 Å². The van der Waals surface area contributed by atoms with Crippen LogP contribution in [0.25, 0.3) is 0 Å². The number of rotatable bonds is 4. The minimum Gasteiger partial charge on any atom is -0.325 e.